The lowest BCUT2D eigenvalue weighted by atomic mass is 10.4. The quantitative estimate of drug-likeness (QED) is 0.684. The van der Waals surface area contributed by atoms with Crippen molar-refractivity contribution in [3.05, 3.63) is 39.1 Å². The third-order valence-corrected chi connectivity index (χ3v) is 3.96. The van der Waals surface area contributed by atoms with Crippen LogP contribution in [0.4, 0.5) is 0 Å². The first-order valence-electron chi connectivity index (χ1n) is 5.23. The van der Waals surface area contributed by atoms with Crippen molar-refractivity contribution in [3.8, 4) is 0 Å². The van der Waals surface area contributed by atoms with E-state index in [1.165, 1.54) is 0 Å². The van der Waals surface area contributed by atoms with E-state index in [1.807, 2.05) is 16.0 Å². The molecular formula is C11H8BrClN4S. The molecule has 0 aromatic carbocycles. The highest BCUT2D eigenvalue weighted by atomic mass is 79.9. The summed E-state index contributed by atoms with van der Waals surface area (Å²) in [5.74, 6) is 1.17. The fourth-order valence-corrected chi connectivity index (χ4v) is 2.90. The number of alkyl halides is 1. The van der Waals surface area contributed by atoms with Gasteiger partial charge in [-0.3, -0.25) is 0 Å². The number of imidazole rings is 1. The van der Waals surface area contributed by atoms with E-state index in [2.05, 4.69) is 30.9 Å². The monoisotopic (exact) mass is 342 g/mol. The maximum Gasteiger partial charge on any atom is 0.160 e. The van der Waals surface area contributed by atoms with Crippen LogP contribution < -0.4 is 0 Å². The maximum atomic E-state index is 5.94. The molecule has 0 aliphatic carbocycles. The van der Waals surface area contributed by atoms with E-state index in [-0.39, 0.29) is 0 Å². The molecule has 0 atom stereocenters. The molecule has 18 heavy (non-hydrogen) atoms. The molecule has 3 rings (SSSR count). The van der Waals surface area contributed by atoms with E-state index < -0.39 is 0 Å². The van der Waals surface area contributed by atoms with Gasteiger partial charge in [-0.1, -0.05) is 0 Å². The van der Waals surface area contributed by atoms with Crippen LogP contribution in [-0.2, 0) is 12.4 Å². The Kier molecular flexibility index (Phi) is 3.32. The fraction of sp³-hybridized carbons (Fsp3) is 0.182. The molecule has 0 aliphatic heterocycles. The topological polar surface area (TPSA) is 43.6 Å². The normalized spacial score (nSPS) is 11.2. The molecule has 3 aromatic heterocycles. The molecule has 0 unspecified atom stereocenters. The number of halogens is 2. The third-order valence-electron chi connectivity index (χ3n) is 2.53. The van der Waals surface area contributed by atoms with Gasteiger partial charge in [0, 0.05) is 22.2 Å². The highest BCUT2D eigenvalue weighted by molar-refractivity contribution is 9.10. The van der Waals surface area contributed by atoms with Gasteiger partial charge >= 0.3 is 0 Å². The van der Waals surface area contributed by atoms with Crippen LogP contribution in [0.1, 0.15) is 10.8 Å². The van der Waals surface area contributed by atoms with Crippen molar-refractivity contribution in [2.45, 2.75) is 12.4 Å². The van der Waals surface area contributed by atoms with Crippen molar-refractivity contribution >= 4 is 50.0 Å². The van der Waals surface area contributed by atoms with E-state index in [0.717, 1.165) is 26.5 Å². The summed E-state index contributed by atoms with van der Waals surface area (Å²) in [5, 5.41) is 2.98. The maximum absolute atomic E-state index is 5.94. The minimum atomic E-state index is 0.360. The average molecular weight is 344 g/mol. The van der Waals surface area contributed by atoms with Gasteiger partial charge in [0.2, 0.25) is 0 Å². The Labute approximate surface area is 121 Å². The van der Waals surface area contributed by atoms with Crippen LogP contribution in [0.2, 0.25) is 0 Å². The van der Waals surface area contributed by atoms with Crippen molar-refractivity contribution in [2.24, 2.45) is 0 Å². The summed E-state index contributed by atoms with van der Waals surface area (Å²) < 4.78 is 2.92. The molecule has 0 aliphatic rings. The molecular weight excluding hydrogens is 336 g/mol. The van der Waals surface area contributed by atoms with Gasteiger partial charge in [-0.2, -0.15) is 0 Å². The molecule has 92 valence electrons. The minimum Gasteiger partial charge on any atom is -0.305 e. The lowest BCUT2D eigenvalue weighted by Gasteiger charge is -2.04. The highest BCUT2D eigenvalue weighted by Gasteiger charge is 2.12. The SMILES string of the molecule is ClCc1nc2cc(Br)cnc2n1Cc1nccs1. The first kappa shape index (κ1) is 12.1. The Morgan fingerprint density at radius 2 is 2.28 bits per heavy atom. The molecule has 0 N–H and O–H groups in total. The number of nitrogens with zero attached hydrogens (tertiary/aromatic N) is 4. The van der Waals surface area contributed by atoms with Gasteiger partial charge in [0.15, 0.2) is 5.65 Å². The van der Waals surface area contributed by atoms with Crippen molar-refractivity contribution in [1.82, 2.24) is 19.5 Å². The second kappa shape index (κ2) is 4.95. The summed E-state index contributed by atoms with van der Waals surface area (Å²) in [6, 6.07) is 1.94. The number of rotatable bonds is 3. The van der Waals surface area contributed by atoms with Gasteiger partial charge in [0.05, 0.1) is 12.4 Å². The van der Waals surface area contributed by atoms with E-state index in [1.54, 1.807) is 23.7 Å². The number of thiazole rings is 1. The van der Waals surface area contributed by atoms with Crippen molar-refractivity contribution in [2.75, 3.05) is 0 Å². The average Bonchev–Trinajstić information content (AvgIpc) is 2.97. The van der Waals surface area contributed by atoms with Crippen molar-refractivity contribution < 1.29 is 0 Å². The van der Waals surface area contributed by atoms with Gasteiger partial charge < -0.3 is 4.57 Å². The second-order valence-electron chi connectivity index (χ2n) is 3.67. The van der Waals surface area contributed by atoms with E-state index in [9.17, 15) is 0 Å². The molecule has 0 amide bonds. The lowest BCUT2D eigenvalue weighted by molar-refractivity contribution is 0.765. The Hall–Kier alpha value is -0.980. The van der Waals surface area contributed by atoms with E-state index in [4.69, 9.17) is 11.6 Å². The van der Waals surface area contributed by atoms with Crippen LogP contribution in [0.25, 0.3) is 11.2 Å². The molecule has 0 saturated carbocycles. The standard InChI is InChI=1S/C11H8BrClN4S/c12-7-3-8-11(15-5-7)17(9(4-13)16-8)6-10-14-1-2-18-10/h1-3,5H,4,6H2. The smallest absolute Gasteiger partial charge is 0.160 e. The van der Waals surface area contributed by atoms with E-state index in [0.29, 0.717) is 12.4 Å². The Balaban J connectivity index is 2.13. The molecule has 7 heteroatoms. The molecule has 0 saturated heterocycles. The first-order chi connectivity index (χ1) is 8.78. The number of hydrogen-bond donors (Lipinski definition) is 0. The predicted molar refractivity (Wildman–Crippen MR) is 76.0 cm³/mol. The molecule has 3 heterocycles. The van der Waals surface area contributed by atoms with Crippen LogP contribution in [0.15, 0.2) is 28.3 Å². The number of aromatic nitrogens is 4. The molecule has 0 spiro atoms. The van der Waals surface area contributed by atoms with Gasteiger partial charge in [0.1, 0.15) is 16.3 Å². The van der Waals surface area contributed by atoms with Crippen LogP contribution in [0.3, 0.4) is 0 Å². The number of pyridine rings is 1. The highest BCUT2D eigenvalue weighted by Crippen LogP contribution is 2.21. The van der Waals surface area contributed by atoms with Crippen LogP contribution in [-0.4, -0.2) is 19.5 Å². The summed E-state index contributed by atoms with van der Waals surface area (Å²) >= 11 is 10.9. The summed E-state index contributed by atoms with van der Waals surface area (Å²) in [7, 11) is 0. The zero-order valence-corrected chi connectivity index (χ0v) is 12.3. The van der Waals surface area contributed by atoms with E-state index >= 15 is 0 Å². The third kappa shape index (κ3) is 2.15. The number of fused-ring (bicyclic) bond motifs is 1. The fourth-order valence-electron chi connectivity index (χ4n) is 1.77. The zero-order valence-electron chi connectivity index (χ0n) is 9.18. The molecule has 0 bridgehead atoms. The summed E-state index contributed by atoms with van der Waals surface area (Å²) in [6.07, 6.45) is 3.56. The number of hydrogen-bond acceptors (Lipinski definition) is 4. The van der Waals surface area contributed by atoms with Gasteiger partial charge in [-0.05, 0) is 22.0 Å². The first-order valence-corrected chi connectivity index (χ1v) is 7.43. The Morgan fingerprint density at radius 1 is 1.39 bits per heavy atom. The second-order valence-corrected chi connectivity index (χ2v) is 5.83. The molecule has 3 aromatic rings. The van der Waals surface area contributed by atoms with Crippen LogP contribution in [0, 0.1) is 0 Å². The zero-order chi connectivity index (χ0) is 12.5. The molecule has 0 fully saturated rings. The lowest BCUT2D eigenvalue weighted by Crippen LogP contribution is -2.04. The van der Waals surface area contributed by atoms with Crippen LogP contribution >= 0.6 is 38.9 Å². The predicted octanol–water partition coefficient (Wildman–Crippen LogP) is 3.44. The summed E-state index contributed by atoms with van der Waals surface area (Å²) in [4.78, 5) is 13.2. The van der Waals surface area contributed by atoms with Crippen molar-refractivity contribution in [1.29, 1.82) is 0 Å². The van der Waals surface area contributed by atoms with Gasteiger partial charge in [-0.15, -0.1) is 22.9 Å². The largest absolute Gasteiger partial charge is 0.305 e. The Bertz CT molecular complexity index is 680. The van der Waals surface area contributed by atoms with Crippen LogP contribution in [0.5, 0.6) is 0 Å². The molecule has 0 radical (unpaired) electrons. The molecule has 4 nitrogen and oxygen atoms in total. The summed E-state index contributed by atoms with van der Waals surface area (Å²) in [5.41, 5.74) is 1.68. The summed E-state index contributed by atoms with van der Waals surface area (Å²) in [6.45, 7) is 0.658. The van der Waals surface area contributed by atoms with Gasteiger partial charge in [0.25, 0.3) is 0 Å². The van der Waals surface area contributed by atoms with Crippen molar-refractivity contribution in [3.63, 3.8) is 0 Å². The van der Waals surface area contributed by atoms with Gasteiger partial charge in [-0.25, -0.2) is 15.0 Å². The Morgan fingerprint density at radius 3 is 3.00 bits per heavy atom. The minimum absolute atomic E-state index is 0.360.